The predicted octanol–water partition coefficient (Wildman–Crippen LogP) is 3.36. The number of aromatic nitrogens is 1. The Morgan fingerprint density at radius 3 is 2.50 bits per heavy atom. The zero-order valence-corrected chi connectivity index (χ0v) is 21.0. The van der Waals surface area contributed by atoms with Gasteiger partial charge < -0.3 is 21.1 Å². The molecule has 0 aliphatic heterocycles. The fourth-order valence-electron chi connectivity index (χ4n) is 3.75. The second-order valence-electron chi connectivity index (χ2n) is 8.53. The second kappa shape index (κ2) is 13.2. The number of carbonyl (C=O) groups is 2. The minimum absolute atomic E-state index is 0.0305. The number of aryl methyl sites for hydroxylation is 1. The fraction of sp³-hybridized carbons (Fsp3) is 0.346. The first-order valence-electron chi connectivity index (χ1n) is 11.6. The van der Waals surface area contributed by atoms with Gasteiger partial charge in [0, 0.05) is 31.5 Å². The molecule has 0 aliphatic rings. The third-order valence-corrected chi connectivity index (χ3v) is 6.25. The van der Waals surface area contributed by atoms with E-state index >= 15 is 0 Å². The van der Waals surface area contributed by atoms with Gasteiger partial charge in [0.1, 0.15) is 11.6 Å². The molecule has 0 radical (unpaired) electrons. The van der Waals surface area contributed by atoms with Crippen LogP contribution >= 0.6 is 11.3 Å². The molecule has 192 valence electrons. The SMILES string of the molecule is CCc1cccc(CNC[C@@H](O)[C@H](Cc2cc(F)cc(F)c2)NC(=O)Cc2csc(NC(C)=O)n2)c1. The van der Waals surface area contributed by atoms with Gasteiger partial charge in [-0.05, 0) is 41.7 Å². The third-order valence-electron chi connectivity index (χ3n) is 5.45. The second-order valence-corrected chi connectivity index (χ2v) is 9.39. The molecule has 7 nitrogen and oxygen atoms in total. The smallest absolute Gasteiger partial charge is 0.226 e. The van der Waals surface area contributed by atoms with Crippen LogP contribution in [-0.4, -0.2) is 40.6 Å². The molecule has 1 aromatic heterocycles. The summed E-state index contributed by atoms with van der Waals surface area (Å²) in [6, 6.07) is 10.4. The van der Waals surface area contributed by atoms with E-state index < -0.39 is 29.7 Å². The molecule has 10 heteroatoms. The summed E-state index contributed by atoms with van der Waals surface area (Å²) < 4.78 is 27.5. The Labute approximate surface area is 213 Å². The van der Waals surface area contributed by atoms with Gasteiger partial charge in [0.15, 0.2) is 5.13 Å². The van der Waals surface area contributed by atoms with Gasteiger partial charge in [-0.25, -0.2) is 13.8 Å². The highest BCUT2D eigenvalue weighted by atomic mass is 32.1. The van der Waals surface area contributed by atoms with E-state index in [9.17, 15) is 23.5 Å². The van der Waals surface area contributed by atoms with E-state index in [0.717, 1.165) is 18.1 Å². The van der Waals surface area contributed by atoms with Crippen LogP contribution in [0.4, 0.5) is 13.9 Å². The summed E-state index contributed by atoms with van der Waals surface area (Å²) in [7, 11) is 0. The molecule has 36 heavy (non-hydrogen) atoms. The van der Waals surface area contributed by atoms with E-state index in [-0.39, 0.29) is 25.3 Å². The third kappa shape index (κ3) is 8.78. The van der Waals surface area contributed by atoms with Crippen LogP contribution in [-0.2, 0) is 35.4 Å². The number of hydrogen-bond acceptors (Lipinski definition) is 6. The first-order chi connectivity index (χ1) is 17.2. The summed E-state index contributed by atoms with van der Waals surface area (Å²) in [4.78, 5) is 28.1. The highest BCUT2D eigenvalue weighted by Crippen LogP contribution is 2.16. The number of carbonyl (C=O) groups excluding carboxylic acids is 2. The maximum Gasteiger partial charge on any atom is 0.226 e. The molecule has 2 atom stereocenters. The summed E-state index contributed by atoms with van der Waals surface area (Å²) >= 11 is 1.20. The van der Waals surface area contributed by atoms with Crippen molar-refractivity contribution >= 4 is 28.3 Å². The average molecular weight is 517 g/mol. The molecule has 3 aromatic rings. The lowest BCUT2D eigenvalue weighted by Gasteiger charge is -2.25. The Balaban J connectivity index is 1.65. The van der Waals surface area contributed by atoms with Crippen LogP contribution in [0.15, 0.2) is 47.8 Å². The van der Waals surface area contributed by atoms with Gasteiger partial charge in [-0.15, -0.1) is 11.3 Å². The summed E-state index contributed by atoms with van der Waals surface area (Å²) in [6.07, 6.45) is -0.156. The molecule has 0 aliphatic carbocycles. The number of hydrogen-bond donors (Lipinski definition) is 4. The van der Waals surface area contributed by atoms with E-state index in [1.54, 1.807) is 5.38 Å². The minimum atomic E-state index is -1.03. The largest absolute Gasteiger partial charge is 0.390 e. The molecule has 0 spiro atoms. The molecular formula is C26H30F2N4O3S. The molecule has 0 fully saturated rings. The first kappa shape index (κ1) is 27.4. The van der Waals surface area contributed by atoms with Gasteiger partial charge in [0.2, 0.25) is 11.8 Å². The maximum atomic E-state index is 13.7. The van der Waals surface area contributed by atoms with Crippen molar-refractivity contribution in [3.05, 3.63) is 81.9 Å². The summed E-state index contributed by atoms with van der Waals surface area (Å²) in [6.45, 7) is 4.11. The zero-order chi connectivity index (χ0) is 26.1. The van der Waals surface area contributed by atoms with Crippen molar-refractivity contribution in [3.63, 3.8) is 0 Å². The van der Waals surface area contributed by atoms with Crippen molar-refractivity contribution in [1.82, 2.24) is 15.6 Å². The Bertz CT molecular complexity index is 1170. The van der Waals surface area contributed by atoms with E-state index in [0.29, 0.717) is 22.9 Å². The minimum Gasteiger partial charge on any atom is -0.390 e. The van der Waals surface area contributed by atoms with Gasteiger partial charge in [0.25, 0.3) is 0 Å². The van der Waals surface area contributed by atoms with Crippen molar-refractivity contribution in [2.45, 2.75) is 51.8 Å². The number of aliphatic hydroxyl groups excluding tert-OH is 1. The summed E-state index contributed by atoms with van der Waals surface area (Å²) in [5, 5.41) is 21.4. The number of rotatable bonds is 12. The Morgan fingerprint density at radius 2 is 1.81 bits per heavy atom. The lowest BCUT2D eigenvalue weighted by Crippen LogP contribution is -2.49. The molecule has 4 N–H and O–H groups in total. The van der Waals surface area contributed by atoms with Gasteiger partial charge in [-0.2, -0.15) is 0 Å². The van der Waals surface area contributed by atoms with E-state index in [2.05, 4.69) is 33.9 Å². The molecule has 1 heterocycles. The zero-order valence-electron chi connectivity index (χ0n) is 20.2. The van der Waals surface area contributed by atoms with Crippen LogP contribution in [0, 0.1) is 11.6 Å². The van der Waals surface area contributed by atoms with Crippen molar-refractivity contribution < 1.29 is 23.5 Å². The van der Waals surface area contributed by atoms with Crippen LogP contribution in [0.1, 0.15) is 36.2 Å². The number of amides is 2. The van der Waals surface area contributed by atoms with E-state index in [1.807, 2.05) is 18.2 Å². The van der Waals surface area contributed by atoms with Crippen LogP contribution in [0.5, 0.6) is 0 Å². The highest BCUT2D eigenvalue weighted by molar-refractivity contribution is 7.13. The number of aliphatic hydroxyl groups is 1. The number of anilines is 1. The molecule has 0 saturated heterocycles. The maximum absolute atomic E-state index is 13.7. The van der Waals surface area contributed by atoms with Crippen molar-refractivity contribution in [3.8, 4) is 0 Å². The van der Waals surface area contributed by atoms with Crippen molar-refractivity contribution in [2.24, 2.45) is 0 Å². The van der Waals surface area contributed by atoms with Crippen LogP contribution in [0.2, 0.25) is 0 Å². The Morgan fingerprint density at radius 1 is 1.08 bits per heavy atom. The number of halogens is 2. The van der Waals surface area contributed by atoms with Gasteiger partial charge in [0.05, 0.1) is 24.3 Å². The molecule has 0 saturated carbocycles. The first-order valence-corrected chi connectivity index (χ1v) is 12.5. The van der Waals surface area contributed by atoms with Crippen molar-refractivity contribution in [1.29, 1.82) is 0 Å². The number of nitrogens with zero attached hydrogens (tertiary/aromatic N) is 1. The molecular weight excluding hydrogens is 486 g/mol. The fourth-order valence-corrected chi connectivity index (χ4v) is 4.51. The van der Waals surface area contributed by atoms with E-state index in [4.69, 9.17) is 0 Å². The molecule has 0 bridgehead atoms. The predicted molar refractivity (Wildman–Crippen MR) is 136 cm³/mol. The molecule has 0 unspecified atom stereocenters. The van der Waals surface area contributed by atoms with E-state index in [1.165, 1.54) is 36.0 Å². The van der Waals surface area contributed by atoms with Crippen LogP contribution in [0.25, 0.3) is 0 Å². The highest BCUT2D eigenvalue weighted by Gasteiger charge is 2.23. The van der Waals surface area contributed by atoms with Crippen molar-refractivity contribution in [2.75, 3.05) is 11.9 Å². The number of nitrogens with one attached hydrogen (secondary N) is 3. The monoisotopic (exact) mass is 516 g/mol. The molecule has 3 rings (SSSR count). The lowest BCUT2D eigenvalue weighted by atomic mass is 10.00. The van der Waals surface area contributed by atoms with Crippen LogP contribution in [0.3, 0.4) is 0 Å². The normalized spacial score (nSPS) is 12.7. The van der Waals surface area contributed by atoms with Gasteiger partial charge >= 0.3 is 0 Å². The number of benzene rings is 2. The quantitative estimate of drug-likeness (QED) is 0.296. The van der Waals surface area contributed by atoms with Gasteiger partial charge in [-0.1, -0.05) is 31.2 Å². The summed E-state index contributed by atoms with van der Waals surface area (Å²) in [5.41, 5.74) is 3.04. The number of thiazole rings is 1. The Kier molecular flexibility index (Phi) is 10.0. The molecule has 2 aromatic carbocycles. The molecule has 2 amide bonds. The standard InChI is InChI=1S/C26H30F2N4O3S/c1-3-17-5-4-6-18(7-17)13-29-14-24(34)23(10-19-8-20(27)11-21(28)9-19)32-25(35)12-22-15-36-26(31-22)30-16(2)33/h4-9,11,15,23-24,29,34H,3,10,12-14H2,1-2H3,(H,32,35)(H,30,31,33)/t23-,24+/m0/s1. The lowest BCUT2D eigenvalue weighted by molar-refractivity contribution is -0.122. The average Bonchev–Trinajstić information content (AvgIpc) is 3.23. The topological polar surface area (TPSA) is 103 Å². The van der Waals surface area contributed by atoms with Gasteiger partial charge in [-0.3, -0.25) is 9.59 Å². The Hall–Kier alpha value is -3.21. The summed E-state index contributed by atoms with van der Waals surface area (Å²) in [5.74, 6) is -2.14. The van der Waals surface area contributed by atoms with Crippen LogP contribution < -0.4 is 16.0 Å².